The van der Waals surface area contributed by atoms with Gasteiger partial charge in [-0.05, 0) is 42.8 Å². The van der Waals surface area contributed by atoms with Crippen molar-refractivity contribution in [1.29, 1.82) is 0 Å². The monoisotopic (exact) mass is 565 g/mol. The lowest BCUT2D eigenvalue weighted by Crippen LogP contribution is -2.44. The Hall–Kier alpha value is -4.94. The van der Waals surface area contributed by atoms with Crippen LogP contribution in [-0.4, -0.2) is 62.3 Å². The summed E-state index contributed by atoms with van der Waals surface area (Å²) in [4.78, 5) is 40.1. The van der Waals surface area contributed by atoms with E-state index in [1.807, 2.05) is 12.1 Å². The summed E-state index contributed by atoms with van der Waals surface area (Å²) in [5, 5.41) is 10.8. The highest BCUT2D eigenvalue weighted by Crippen LogP contribution is 2.42. The molecule has 2 aromatic heterocycles. The van der Waals surface area contributed by atoms with Gasteiger partial charge in [-0.1, -0.05) is 6.07 Å². The van der Waals surface area contributed by atoms with Gasteiger partial charge in [0.1, 0.15) is 18.8 Å². The highest BCUT2D eigenvalue weighted by Gasteiger charge is 2.44. The Morgan fingerprint density at radius 2 is 1.85 bits per heavy atom. The van der Waals surface area contributed by atoms with Gasteiger partial charge in [0.25, 0.3) is 0 Å². The minimum atomic E-state index is -3.82. The molecule has 1 fully saturated rings. The van der Waals surface area contributed by atoms with Crippen molar-refractivity contribution in [1.82, 2.24) is 19.7 Å². The molecule has 41 heavy (non-hydrogen) atoms. The van der Waals surface area contributed by atoms with E-state index in [-0.39, 0.29) is 42.5 Å². The Bertz CT molecular complexity index is 1690. The lowest BCUT2D eigenvalue weighted by atomic mass is 10.0. The molecule has 6 rings (SSSR count). The number of nitrogens with one attached hydrogen (secondary N) is 1. The van der Waals surface area contributed by atoms with Crippen LogP contribution in [0.3, 0.4) is 0 Å². The fourth-order valence-corrected chi connectivity index (χ4v) is 5.15. The summed E-state index contributed by atoms with van der Waals surface area (Å²) in [7, 11) is 0. The third-order valence-electron chi connectivity index (χ3n) is 7.03. The van der Waals surface area contributed by atoms with Crippen LogP contribution in [0.2, 0.25) is 0 Å². The smallest absolute Gasteiger partial charge is 0.395 e. The van der Waals surface area contributed by atoms with E-state index in [1.165, 1.54) is 19.1 Å². The summed E-state index contributed by atoms with van der Waals surface area (Å²) < 4.78 is 51.5. The Kier molecular flexibility index (Phi) is 6.36. The van der Waals surface area contributed by atoms with E-state index in [4.69, 9.17) is 0 Å². The SMILES string of the molecule is CC(=O)c1cn(CC(=O)N2C[C@H](F)C[C@H]2C(=O)Nc2ccc3c(c2)OC(F)(F)O3)c2ccc(-c3ccnnc3)cc12. The molecule has 2 aliphatic rings. The normalized spacial score (nSPS) is 19.0. The number of alkyl halides is 3. The van der Waals surface area contributed by atoms with Gasteiger partial charge in [-0.15, -0.1) is 8.78 Å². The van der Waals surface area contributed by atoms with E-state index in [0.717, 1.165) is 22.1 Å². The first kappa shape index (κ1) is 26.3. The van der Waals surface area contributed by atoms with Crippen LogP contribution in [0.1, 0.15) is 23.7 Å². The Labute approximate surface area is 230 Å². The number of carbonyl (C=O) groups is 3. The fourth-order valence-electron chi connectivity index (χ4n) is 5.15. The molecular weight excluding hydrogens is 543 g/mol. The molecule has 1 saturated heterocycles. The summed E-state index contributed by atoms with van der Waals surface area (Å²) in [5.41, 5.74) is 2.75. The molecule has 2 aromatic carbocycles. The summed E-state index contributed by atoms with van der Waals surface area (Å²) in [6, 6.07) is 9.79. The van der Waals surface area contributed by atoms with Crippen LogP contribution in [0.25, 0.3) is 22.0 Å². The first-order valence-electron chi connectivity index (χ1n) is 12.6. The standard InChI is InChI=1S/C28H22F3N5O5/c1-15(37)21-13-35(22-4-2-16(8-20(21)22)17-6-7-32-33-11-17)14-26(38)36-12-18(29)9-23(36)27(39)34-19-3-5-24-25(10-19)41-28(30,31)40-24/h2-8,10-11,13,18,23H,9,12,14H2,1H3,(H,34,39)/t18-,23+/m1/s1. The molecule has 1 N–H and O–H groups in total. The number of nitrogens with zero attached hydrogens (tertiary/aromatic N) is 4. The third kappa shape index (κ3) is 5.06. The van der Waals surface area contributed by atoms with E-state index < -0.39 is 30.3 Å². The zero-order valence-electron chi connectivity index (χ0n) is 21.5. The van der Waals surface area contributed by atoms with Crippen LogP contribution in [-0.2, 0) is 16.1 Å². The van der Waals surface area contributed by atoms with Crippen molar-refractivity contribution < 1.29 is 37.0 Å². The van der Waals surface area contributed by atoms with Gasteiger partial charge in [0.2, 0.25) is 11.8 Å². The second-order valence-electron chi connectivity index (χ2n) is 9.80. The largest absolute Gasteiger partial charge is 0.586 e. The van der Waals surface area contributed by atoms with Crippen LogP contribution in [0, 0.1) is 0 Å². The predicted molar refractivity (Wildman–Crippen MR) is 139 cm³/mol. The van der Waals surface area contributed by atoms with Crippen molar-refractivity contribution in [2.24, 2.45) is 0 Å². The highest BCUT2D eigenvalue weighted by molar-refractivity contribution is 6.08. The fraction of sp³-hybridized carbons (Fsp3) is 0.250. The number of halogens is 3. The maximum Gasteiger partial charge on any atom is 0.586 e. The number of rotatable bonds is 6. The number of anilines is 1. The maximum atomic E-state index is 14.5. The first-order chi connectivity index (χ1) is 19.6. The third-order valence-corrected chi connectivity index (χ3v) is 7.03. The molecular formula is C28H22F3N5O5. The molecule has 13 heteroatoms. The quantitative estimate of drug-likeness (QED) is 0.349. The lowest BCUT2D eigenvalue weighted by molar-refractivity contribution is -0.286. The van der Waals surface area contributed by atoms with E-state index in [0.29, 0.717) is 16.5 Å². The van der Waals surface area contributed by atoms with Crippen molar-refractivity contribution in [3.8, 4) is 22.6 Å². The van der Waals surface area contributed by atoms with E-state index >= 15 is 0 Å². The molecule has 2 amide bonds. The van der Waals surface area contributed by atoms with Gasteiger partial charge in [0, 0.05) is 46.4 Å². The number of hydrogen-bond donors (Lipinski definition) is 1. The second-order valence-corrected chi connectivity index (χ2v) is 9.80. The number of fused-ring (bicyclic) bond motifs is 2. The van der Waals surface area contributed by atoms with Crippen molar-refractivity contribution >= 4 is 34.2 Å². The number of Topliss-reactive ketones (excluding diaryl/α,β-unsaturated/α-hetero) is 1. The van der Waals surface area contributed by atoms with Gasteiger partial charge >= 0.3 is 6.29 Å². The average molecular weight is 566 g/mol. The zero-order valence-corrected chi connectivity index (χ0v) is 21.5. The van der Waals surface area contributed by atoms with E-state index in [2.05, 4.69) is 25.0 Å². The summed E-state index contributed by atoms with van der Waals surface area (Å²) >= 11 is 0. The van der Waals surface area contributed by atoms with E-state index in [1.54, 1.807) is 35.3 Å². The molecule has 0 unspecified atom stereocenters. The number of benzene rings is 2. The number of amides is 2. The van der Waals surface area contributed by atoms with Crippen molar-refractivity contribution in [3.63, 3.8) is 0 Å². The van der Waals surface area contributed by atoms with Gasteiger partial charge in [-0.3, -0.25) is 14.4 Å². The predicted octanol–water partition coefficient (Wildman–Crippen LogP) is 4.20. The van der Waals surface area contributed by atoms with Gasteiger partial charge in [0.15, 0.2) is 17.3 Å². The summed E-state index contributed by atoms with van der Waals surface area (Å²) in [6.07, 6.45) is -0.755. The molecule has 210 valence electrons. The van der Waals surface area contributed by atoms with E-state index in [9.17, 15) is 27.6 Å². The molecule has 0 aliphatic carbocycles. The highest BCUT2D eigenvalue weighted by atomic mass is 19.3. The van der Waals surface area contributed by atoms with Gasteiger partial charge < -0.3 is 24.3 Å². The zero-order chi connectivity index (χ0) is 28.9. The van der Waals surface area contributed by atoms with Gasteiger partial charge in [-0.25, -0.2) is 4.39 Å². The Morgan fingerprint density at radius 3 is 2.61 bits per heavy atom. The Balaban J connectivity index is 1.22. The number of ketones is 1. The van der Waals surface area contributed by atoms with Gasteiger partial charge in [0.05, 0.1) is 18.9 Å². The van der Waals surface area contributed by atoms with Crippen LogP contribution < -0.4 is 14.8 Å². The first-order valence-corrected chi connectivity index (χ1v) is 12.6. The average Bonchev–Trinajstić information content (AvgIpc) is 3.60. The van der Waals surface area contributed by atoms with Crippen LogP contribution in [0.15, 0.2) is 61.1 Å². The molecule has 10 nitrogen and oxygen atoms in total. The molecule has 0 spiro atoms. The summed E-state index contributed by atoms with van der Waals surface area (Å²) in [6.45, 7) is 0.894. The van der Waals surface area contributed by atoms with Crippen molar-refractivity contribution in [2.75, 3.05) is 11.9 Å². The van der Waals surface area contributed by atoms with Crippen LogP contribution in [0.5, 0.6) is 11.5 Å². The lowest BCUT2D eigenvalue weighted by Gasteiger charge is -2.24. The van der Waals surface area contributed by atoms with Crippen LogP contribution >= 0.6 is 0 Å². The molecule has 0 bridgehead atoms. The number of carbonyl (C=O) groups excluding carboxylic acids is 3. The molecule has 4 heterocycles. The molecule has 2 atom stereocenters. The molecule has 4 aromatic rings. The maximum absolute atomic E-state index is 14.5. The minimum Gasteiger partial charge on any atom is -0.395 e. The van der Waals surface area contributed by atoms with Crippen molar-refractivity contribution in [3.05, 3.63) is 66.6 Å². The molecule has 0 radical (unpaired) electrons. The Morgan fingerprint density at radius 1 is 1.05 bits per heavy atom. The summed E-state index contributed by atoms with van der Waals surface area (Å²) in [5.74, 6) is -1.86. The number of hydrogen-bond acceptors (Lipinski definition) is 7. The molecule has 0 saturated carbocycles. The number of aromatic nitrogens is 3. The minimum absolute atomic E-state index is 0.118. The number of ether oxygens (including phenoxy) is 2. The second kappa shape index (κ2) is 9.91. The van der Waals surface area contributed by atoms with Crippen LogP contribution in [0.4, 0.5) is 18.9 Å². The number of likely N-dealkylation sites (tertiary alicyclic amines) is 1. The van der Waals surface area contributed by atoms with Gasteiger partial charge in [-0.2, -0.15) is 10.2 Å². The molecule has 2 aliphatic heterocycles. The van der Waals surface area contributed by atoms with Crippen molar-refractivity contribution in [2.45, 2.75) is 38.4 Å². The topological polar surface area (TPSA) is 116 Å².